The van der Waals surface area contributed by atoms with Crippen LogP contribution in [0, 0.1) is 0 Å². The smallest absolute Gasteiger partial charge is 0.324 e. The molecule has 1 unspecified atom stereocenters. The summed E-state index contributed by atoms with van der Waals surface area (Å²) in [6, 6.07) is 2.79. The molecule has 1 amide bonds. The SMILES string of the molecule is CCC(Br)C(=O)Nc1ccc(C(F)(F)F)cc1Cl. The lowest BCUT2D eigenvalue weighted by atomic mass is 10.2. The fourth-order valence-electron chi connectivity index (χ4n) is 1.19. The zero-order chi connectivity index (χ0) is 13.9. The minimum atomic E-state index is -4.45. The van der Waals surface area contributed by atoms with E-state index in [2.05, 4.69) is 21.2 Å². The highest BCUT2D eigenvalue weighted by Crippen LogP contribution is 2.33. The Morgan fingerprint density at radius 2 is 2.11 bits per heavy atom. The summed E-state index contributed by atoms with van der Waals surface area (Å²) in [7, 11) is 0. The van der Waals surface area contributed by atoms with Crippen molar-refractivity contribution in [3.05, 3.63) is 28.8 Å². The van der Waals surface area contributed by atoms with E-state index < -0.39 is 16.6 Å². The number of hydrogen-bond acceptors (Lipinski definition) is 1. The van der Waals surface area contributed by atoms with Crippen molar-refractivity contribution in [3.63, 3.8) is 0 Å². The maximum absolute atomic E-state index is 12.4. The van der Waals surface area contributed by atoms with Crippen LogP contribution in [0.5, 0.6) is 0 Å². The summed E-state index contributed by atoms with van der Waals surface area (Å²) < 4.78 is 37.2. The molecule has 1 aromatic carbocycles. The van der Waals surface area contributed by atoms with Gasteiger partial charge in [0.1, 0.15) is 0 Å². The monoisotopic (exact) mass is 343 g/mol. The van der Waals surface area contributed by atoms with Gasteiger partial charge in [0.05, 0.1) is 21.1 Å². The molecule has 1 N–H and O–H groups in total. The minimum absolute atomic E-state index is 0.144. The quantitative estimate of drug-likeness (QED) is 0.805. The fraction of sp³-hybridized carbons (Fsp3) is 0.364. The van der Waals surface area contributed by atoms with Gasteiger partial charge in [-0.25, -0.2) is 0 Å². The Labute approximate surface area is 116 Å². The zero-order valence-corrected chi connectivity index (χ0v) is 11.7. The van der Waals surface area contributed by atoms with Gasteiger partial charge in [0.15, 0.2) is 0 Å². The van der Waals surface area contributed by atoms with E-state index in [9.17, 15) is 18.0 Å². The van der Waals surface area contributed by atoms with Gasteiger partial charge < -0.3 is 5.32 Å². The number of carbonyl (C=O) groups is 1. The predicted molar refractivity (Wildman–Crippen MR) is 68.1 cm³/mol. The highest BCUT2D eigenvalue weighted by Gasteiger charge is 2.31. The molecule has 0 aliphatic rings. The molecule has 18 heavy (non-hydrogen) atoms. The first-order valence-corrected chi connectivity index (χ1v) is 6.36. The van der Waals surface area contributed by atoms with E-state index in [0.29, 0.717) is 6.42 Å². The van der Waals surface area contributed by atoms with E-state index in [4.69, 9.17) is 11.6 Å². The van der Waals surface area contributed by atoms with Crippen LogP contribution in [0.3, 0.4) is 0 Å². The summed E-state index contributed by atoms with van der Waals surface area (Å²) in [5, 5.41) is 2.31. The third kappa shape index (κ3) is 3.88. The zero-order valence-electron chi connectivity index (χ0n) is 9.31. The lowest BCUT2D eigenvalue weighted by Crippen LogP contribution is -2.22. The number of rotatable bonds is 3. The van der Waals surface area contributed by atoms with Crippen LogP contribution < -0.4 is 5.32 Å². The second-order valence-electron chi connectivity index (χ2n) is 3.56. The van der Waals surface area contributed by atoms with Gasteiger partial charge in [-0.1, -0.05) is 34.5 Å². The van der Waals surface area contributed by atoms with Crippen molar-refractivity contribution in [1.29, 1.82) is 0 Å². The Morgan fingerprint density at radius 3 is 2.56 bits per heavy atom. The molecular formula is C11H10BrClF3NO. The van der Waals surface area contributed by atoms with E-state index in [1.54, 1.807) is 6.92 Å². The van der Waals surface area contributed by atoms with Gasteiger partial charge in [0, 0.05) is 0 Å². The second kappa shape index (κ2) is 5.93. The summed E-state index contributed by atoms with van der Waals surface area (Å²) in [5.41, 5.74) is -0.691. The van der Waals surface area contributed by atoms with Gasteiger partial charge in [0.25, 0.3) is 0 Å². The number of hydrogen-bond donors (Lipinski definition) is 1. The standard InChI is InChI=1S/C11H10BrClF3NO/c1-2-7(12)10(18)17-9-4-3-6(5-8(9)13)11(14,15)16/h3-5,7H,2H2,1H3,(H,17,18). The largest absolute Gasteiger partial charge is 0.416 e. The molecule has 0 heterocycles. The molecule has 0 saturated heterocycles. The maximum Gasteiger partial charge on any atom is 0.416 e. The van der Waals surface area contributed by atoms with E-state index in [0.717, 1.165) is 18.2 Å². The predicted octanol–water partition coefficient (Wildman–Crippen LogP) is 4.47. The Hall–Kier alpha value is -0.750. The number of benzene rings is 1. The summed E-state index contributed by atoms with van der Waals surface area (Å²) in [4.78, 5) is 11.1. The van der Waals surface area contributed by atoms with Crippen LogP contribution in [0.25, 0.3) is 0 Å². The number of carbonyl (C=O) groups excluding carboxylic acids is 1. The van der Waals surface area contributed by atoms with Crippen LogP contribution in [-0.4, -0.2) is 10.7 Å². The van der Waals surface area contributed by atoms with Crippen LogP contribution in [0.2, 0.25) is 5.02 Å². The van der Waals surface area contributed by atoms with Gasteiger partial charge in [-0.2, -0.15) is 13.2 Å². The number of alkyl halides is 4. The van der Waals surface area contributed by atoms with Crippen molar-refractivity contribution in [2.75, 3.05) is 5.32 Å². The lowest BCUT2D eigenvalue weighted by Gasteiger charge is -2.12. The average molecular weight is 345 g/mol. The Kier molecular flexibility index (Phi) is 5.04. The van der Waals surface area contributed by atoms with Gasteiger partial charge >= 0.3 is 6.18 Å². The van der Waals surface area contributed by atoms with Crippen molar-refractivity contribution in [1.82, 2.24) is 0 Å². The van der Waals surface area contributed by atoms with Crippen LogP contribution in [0.15, 0.2) is 18.2 Å². The highest BCUT2D eigenvalue weighted by atomic mass is 79.9. The van der Waals surface area contributed by atoms with E-state index in [1.807, 2.05) is 0 Å². The summed E-state index contributed by atoms with van der Waals surface area (Å²) in [6.45, 7) is 1.80. The minimum Gasteiger partial charge on any atom is -0.324 e. The molecular weight excluding hydrogens is 334 g/mol. The van der Waals surface area contributed by atoms with Crippen molar-refractivity contribution in [2.45, 2.75) is 24.3 Å². The Balaban J connectivity index is 2.90. The van der Waals surface area contributed by atoms with Crippen molar-refractivity contribution >= 4 is 39.1 Å². The van der Waals surface area contributed by atoms with Crippen molar-refractivity contribution in [3.8, 4) is 0 Å². The molecule has 0 radical (unpaired) electrons. The van der Waals surface area contributed by atoms with Gasteiger partial charge in [-0.3, -0.25) is 4.79 Å². The normalized spacial score (nSPS) is 13.2. The van der Waals surface area contributed by atoms with Crippen molar-refractivity contribution in [2.24, 2.45) is 0 Å². The highest BCUT2D eigenvalue weighted by molar-refractivity contribution is 9.10. The van der Waals surface area contributed by atoms with Gasteiger partial charge in [0.2, 0.25) is 5.91 Å². The molecule has 7 heteroatoms. The van der Waals surface area contributed by atoms with E-state index in [-0.39, 0.29) is 16.6 Å². The number of halogens is 5. The molecule has 0 aliphatic carbocycles. The van der Waals surface area contributed by atoms with E-state index in [1.165, 1.54) is 0 Å². The van der Waals surface area contributed by atoms with Crippen LogP contribution in [0.1, 0.15) is 18.9 Å². The summed E-state index contributed by atoms with van der Waals surface area (Å²) in [5.74, 6) is -0.348. The fourth-order valence-corrected chi connectivity index (χ4v) is 1.53. The van der Waals surface area contributed by atoms with Crippen LogP contribution in [0.4, 0.5) is 18.9 Å². The Bertz CT molecular complexity index is 450. The topological polar surface area (TPSA) is 29.1 Å². The second-order valence-corrected chi connectivity index (χ2v) is 5.07. The molecule has 0 saturated carbocycles. The van der Waals surface area contributed by atoms with Crippen LogP contribution >= 0.6 is 27.5 Å². The summed E-state index contributed by atoms with van der Waals surface area (Å²) >= 11 is 8.83. The molecule has 2 nitrogen and oxygen atoms in total. The first kappa shape index (κ1) is 15.3. The first-order chi connectivity index (χ1) is 8.25. The van der Waals surface area contributed by atoms with Crippen LogP contribution in [-0.2, 0) is 11.0 Å². The number of amides is 1. The van der Waals surface area contributed by atoms with E-state index >= 15 is 0 Å². The number of nitrogens with one attached hydrogen (secondary N) is 1. The molecule has 0 aliphatic heterocycles. The molecule has 1 rings (SSSR count). The van der Waals surface area contributed by atoms with Gasteiger partial charge in [-0.15, -0.1) is 0 Å². The molecule has 0 aromatic heterocycles. The molecule has 0 bridgehead atoms. The molecule has 0 spiro atoms. The third-order valence-corrected chi connectivity index (χ3v) is 3.57. The lowest BCUT2D eigenvalue weighted by molar-refractivity contribution is -0.137. The van der Waals surface area contributed by atoms with Crippen molar-refractivity contribution < 1.29 is 18.0 Å². The third-order valence-electron chi connectivity index (χ3n) is 2.20. The molecule has 1 atom stereocenters. The first-order valence-electron chi connectivity index (χ1n) is 5.07. The molecule has 0 fully saturated rings. The molecule has 1 aromatic rings. The Morgan fingerprint density at radius 1 is 1.50 bits per heavy atom. The summed E-state index contributed by atoms with van der Waals surface area (Å²) in [6.07, 6.45) is -3.89. The van der Waals surface area contributed by atoms with Gasteiger partial charge in [-0.05, 0) is 24.6 Å². The molecule has 100 valence electrons. The average Bonchev–Trinajstić information content (AvgIpc) is 2.29. The number of anilines is 1. The maximum atomic E-state index is 12.4.